The van der Waals surface area contributed by atoms with Crippen molar-refractivity contribution in [2.45, 2.75) is 52.1 Å². The van der Waals surface area contributed by atoms with Crippen LogP contribution in [-0.4, -0.2) is 46.9 Å². The maximum absolute atomic E-state index is 13.1. The first-order valence-corrected chi connectivity index (χ1v) is 12.8. The van der Waals surface area contributed by atoms with E-state index in [1.165, 1.54) is 0 Å². The fraction of sp³-hybridized carbons (Fsp3) is 0.345. The Morgan fingerprint density at radius 1 is 1.16 bits per heavy atom. The van der Waals surface area contributed by atoms with Crippen LogP contribution < -0.4 is 5.73 Å². The number of nitrogens with zero attached hydrogens (tertiary/aromatic N) is 5. The molecule has 4 rings (SSSR count). The maximum atomic E-state index is 13.1. The number of aryl methyl sites for hydroxylation is 1. The molecule has 0 fully saturated rings. The molecule has 3 N–H and O–H groups in total. The molecule has 1 amide bonds. The van der Waals surface area contributed by atoms with Gasteiger partial charge in [0, 0.05) is 30.3 Å². The largest absolute Gasteiger partial charge is 0.371 e. The average Bonchev–Trinajstić information content (AvgIpc) is 3.52. The number of rotatable bonds is 9. The Kier molecular flexibility index (Phi) is 7.74. The van der Waals surface area contributed by atoms with Crippen LogP contribution in [0.4, 0.5) is 0 Å². The number of nitrogens with two attached hydrogens (primary N) is 1. The van der Waals surface area contributed by atoms with E-state index in [-0.39, 0.29) is 23.8 Å². The van der Waals surface area contributed by atoms with Crippen LogP contribution in [0, 0.1) is 17.8 Å². The Morgan fingerprint density at radius 2 is 1.92 bits per heavy atom. The van der Waals surface area contributed by atoms with Crippen molar-refractivity contribution in [2.24, 2.45) is 18.7 Å². The van der Waals surface area contributed by atoms with E-state index in [1.807, 2.05) is 40.1 Å². The molecule has 0 spiro atoms. The Labute approximate surface area is 221 Å². The molecule has 38 heavy (non-hydrogen) atoms. The van der Waals surface area contributed by atoms with Crippen molar-refractivity contribution in [3.05, 3.63) is 60.0 Å². The molecule has 1 atom stereocenters. The first kappa shape index (κ1) is 26.8. The second-order valence-corrected chi connectivity index (χ2v) is 9.38. The molecule has 0 saturated heterocycles. The molecule has 1 unspecified atom stereocenters. The minimum atomic E-state index is -1.71. The molecule has 3 heterocycles. The Morgan fingerprint density at radius 3 is 2.55 bits per heavy atom. The van der Waals surface area contributed by atoms with E-state index >= 15 is 0 Å². The smallest absolute Gasteiger partial charge is 0.269 e. The molecule has 9 heteroatoms. The number of aliphatic hydroxyl groups is 1. The van der Waals surface area contributed by atoms with Gasteiger partial charge >= 0.3 is 0 Å². The standard InChI is InChI=1S/C29H32N6O3/c1-5-14-29(38,26(36)20(6-2)7-3)15-13-19-9-8-10-22(16-19)35-28-23(25(33-35)27(30)37)11-12-24(32-28)21-17-31-34(4)18-21/h8-12,16-18,20,38H,5-7,14H2,1-4H3,(H2,30,37). The summed E-state index contributed by atoms with van der Waals surface area (Å²) in [6.07, 6.45) is 5.75. The highest BCUT2D eigenvalue weighted by Crippen LogP contribution is 2.26. The quantitative estimate of drug-likeness (QED) is 0.328. The highest BCUT2D eigenvalue weighted by molar-refractivity contribution is 6.04. The second kappa shape index (κ2) is 11.0. The van der Waals surface area contributed by atoms with Crippen molar-refractivity contribution in [1.29, 1.82) is 0 Å². The molecule has 9 nitrogen and oxygen atoms in total. The van der Waals surface area contributed by atoms with Gasteiger partial charge in [0.05, 0.1) is 23.0 Å². The molecule has 0 saturated carbocycles. The van der Waals surface area contributed by atoms with Crippen molar-refractivity contribution >= 4 is 22.7 Å². The summed E-state index contributed by atoms with van der Waals surface area (Å²) in [5.41, 5.74) is 7.15. The molecule has 0 aliphatic heterocycles. The number of amides is 1. The highest BCUT2D eigenvalue weighted by atomic mass is 16.3. The third-order valence-electron chi connectivity index (χ3n) is 6.65. The molecular formula is C29H32N6O3. The van der Waals surface area contributed by atoms with Crippen LogP contribution in [0.5, 0.6) is 0 Å². The first-order chi connectivity index (χ1) is 18.2. The molecule has 1 aromatic carbocycles. The molecule has 3 aromatic heterocycles. The van der Waals surface area contributed by atoms with Gasteiger partial charge in [0.25, 0.3) is 5.91 Å². The minimum Gasteiger partial charge on any atom is -0.371 e. The third kappa shape index (κ3) is 5.22. The summed E-state index contributed by atoms with van der Waals surface area (Å²) in [4.78, 5) is 30.0. The van der Waals surface area contributed by atoms with Crippen molar-refractivity contribution in [1.82, 2.24) is 24.5 Å². The zero-order chi connectivity index (χ0) is 27.4. The lowest BCUT2D eigenvalue weighted by Gasteiger charge is -2.24. The third-order valence-corrected chi connectivity index (χ3v) is 6.65. The van der Waals surface area contributed by atoms with Crippen LogP contribution in [0.3, 0.4) is 0 Å². The van der Waals surface area contributed by atoms with Crippen LogP contribution in [0.1, 0.15) is 62.5 Å². The fourth-order valence-electron chi connectivity index (χ4n) is 4.57. The summed E-state index contributed by atoms with van der Waals surface area (Å²) in [5.74, 6) is 4.72. The van der Waals surface area contributed by atoms with Crippen molar-refractivity contribution in [3.63, 3.8) is 0 Å². The minimum absolute atomic E-state index is 0.106. The normalized spacial score (nSPS) is 12.8. The van der Waals surface area contributed by atoms with Gasteiger partial charge in [0.1, 0.15) is 0 Å². The van der Waals surface area contributed by atoms with Crippen molar-refractivity contribution in [3.8, 4) is 28.8 Å². The van der Waals surface area contributed by atoms with Crippen LogP contribution in [-0.2, 0) is 11.8 Å². The number of carbonyl (C=O) groups is 2. The SMILES string of the molecule is CCCC(O)(C#Cc1cccc(-n2nc(C(N)=O)c3ccc(-c4cnn(C)c4)nc32)c1)C(=O)C(CC)CC. The number of pyridine rings is 1. The zero-order valence-corrected chi connectivity index (χ0v) is 22.1. The number of fused-ring (bicyclic) bond motifs is 1. The molecule has 0 aliphatic rings. The van der Waals surface area contributed by atoms with E-state index in [0.717, 1.165) is 5.56 Å². The van der Waals surface area contributed by atoms with Crippen molar-refractivity contribution in [2.75, 3.05) is 0 Å². The summed E-state index contributed by atoms with van der Waals surface area (Å²) in [6, 6.07) is 10.7. The molecule has 0 aliphatic carbocycles. The molecule has 0 radical (unpaired) electrons. The first-order valence-electron chi connectivity index (χ1n) is 12.8. The van der Waals surface area contributed by atoms with Gasteiger partial charge in [-0.3, -0.25) is 14.3 Å². The molecule has 4 aromatic rings. The number of ketones is 1. The second-order valence-electron chi connectivity index (χ2n) is 9.38. The van der Waals surface area contributed by atoms with Crippen LogP contribution in [0.25, 0.3) is 28.0 Å². The summed E-state index contributed by atoms with van der Waals surface area (Å²) in [5, 5.41) is 20.4. The number of hydrogen-bond acceptors (Lipinski definition) is 6. The maximum Gasteiger partial charge on any atom is 0.269 e. The predicted molar refractivity (Wildman–Crippen MR) is 145 cm³/mol. The lowest BCUT2D eigenvalue weighted by atomic mass is 9.83. The van der Waals surface area contributed by atoms with Gasteiger partial charge < -0.3 is 10.8 Å². The van der Waals surface area contributed by atoms with E-state index in [0.29, 0.717) is 47.2 Å². The molecular weight excluding hydrogens is 480 g/mol. The highest BCUT2D eigenvalue weighted by Gasteiger charge is 2.36. The Hall–Kier alpha value is -4.29. The Bertz CT molecular complexity index is 1550. The number of Topliss-reactive ketones (excluding diaryl/α,β-unsaturated/α-hetero) is 1. The average molecular weight is 513 g/mol. The van der Waals surface area contributed by atoms with Gasteiger partial charge in [-0.25, -0.2) is 9.67 Å². The molecule has 0 bridgehead atoms. The summed E-state index contributed by atoms with van der Waals surface area (Å²) < 4.78 is 3.23. The summed E-state index contributed by atoms with van der Waals surface area (Å²) in [6.45, 7) is 5.80. The van der Waals surface area contributed by atoms with E-state index in [2.05, 4.69) is 22.0 Å². The Balaban J connectivity index is 1.79. The lowest BCUT2D eigenvalue weighted by Crippen LogP contribution is -2.41. The number of aromatic nitrogens is 5. The number of carbonyl (C=O) groups excluding carboxylic acids is 2. The van der Waals surface area contributed by atoms with E-state index in [1.54, 1.807) is 45.9 Å². The van der Waals surface area contributed by atoms with Crippen LogP contribution >= 0.6 is 0 Å². The van der Waals surface area contributed by atoms with Gasteiger partial charge in [0.15, 0.2) is 22.7 Å². The van der Waals surface area contributed by atoms with E-state index in [4.69, 9.17) is 10.7 Å². The van der Waals surface area contributed by atoms with Gasteiger partial charge in [-0.15, -0.1) is 0 Å². The van der Waals surface area contributed by atoms with E-state index in [9.17, 15) is 14.7 Å². The van der Waals surface area contributed by atoms with Gasteiger partial charge in [0.2, 0.25) is 0 Å². The van der Waals surface area contributed by atoms with Gasteiger partial charge in [-0.05, 0) is 49.6 Å². The topological polar surface area (TPSA) is 129 Å². The number of benzene rings is 1. The fourth-order valence-corrected chi connectivity index (χ4v) is 4.57. The van der Waals surface area contributed by atoms with Gasteiger partial charge in [-0.2, -0.15) is 10.2 Å². The van der Waals surface area contributed by atoms with Crippen LogP contribution in [0.2, 0.25) is 0 Å². The van der Waals surface area contributed by atoms with Gasteiger partial charge in [-0.1, -0.05) is 45.1 Å². The monoisotopic (exact) mass is 512 g/mol. The number of primary amides is 1. The summed E-state index contributed by atoms with van der Waals surface area (Å²) >= 11 is 0. The van der Waals surface area contributed by atoms with Crippen molar-refractivity contribution < 1.29 is 14.7 Å². The number of hydrogen-bond donors (Lipinski definition) is 2. The summed E-state index contributed by atoms with van der Waals surface area (Å²) in [7, 11) is 1.82. The predicted octanol–water partition coefficient (Wildman–Crippen LogP) is 3.81. The molecule has 196 valence electrons. The zero-order valence-electron chi connectivity index (χ0n) is 22.1. The lowest BCUT2D eigenvalue weighted by molar-refractivity contribution is -0.137. The van der Waals surface area contributed by atoms with E-state index < -0.39 is 11.5 Å². The van der Waals surface area contributed by atoms with Crippen LogP contribution in [0.15, 0.2) is 48.8 Å².